The Kier molecular flexibility index (Phi) is 3.59. The van der Waals surface area contributed by atoms with Gasteiger partial charge in [0.25, 0.3) is 0 Å². The van der Waals surface area contributed by atoms with Crippen molar-refractivity contribution in [2.45, 2.75) is 5.41 Å². The summed E-state index contributed by atoms with van der Waals surface area (Å²) in [6, 6.07) is 4.15. The van der Waals surface area contributed by atoms with Crippen molar-refractivity contribution in [3.05, 3.63) is 46.7 Å². The van der Waals surface area contributed by atoms with Gasteiger partial charge in [0.1, 0.15) is 0 Å². The van der Waals surface area contributed by atoms with Gasteiger partial charge >= 0.3 is 0 Å². The topological polar surface area (TPSA) is 29.5 Å². The minimum atomic E-state index is -0.202. The molecular weight excluding hydrogens is 220 g/mol. The van der Waals surface area contributed by atoms with Crippen LogP contribution in [0.15, 0.2) is 41.8 Å². The number of allylic oxidation sites excluding steroid dienone is 2. The molecule has 1 N–H and O–H groups in total. The van der Waals surface area contributed by atoms with Crippen LogP contribution in [0.5, 0.6) is 0 Å². The summed E-state index contributed by atoms with van der Waals surface area (Å²) in [6.45, 7) is 0.738. The van der Waals surface area contributed by atoms with Crippen molar-refractivity contribution in [2.24, 2.45) is 5.92 Å². The van der Waals surface area contributed by atoms with Crippen LogP contribution >= 0.6 is 11.3 Å². The Morgan fingerprint density at radius 1 is 1.50 bits per heavy atom. The van der Waals surface area contributed by atoms with Crippen molar-refractivity contribution in [1.29, 1.82) is 0 Å². The van der Waals surface area contributed by atoms with Gasteiger partial charge < -0.3 is 9.84 Å². The highest BCUT2D eigenvalue weighted by molar-refractivity contribution is 7.10. The first-order valence-corrected chi connectivity index (χ1v) is 6.21. The summed E-state index contributed by atoms with van der Waals surface area (Å²) < 4.78 is 5.35. The van der Waals surface area contributed by atoms with Crippen LogP contribution in [-0.4, -0.2) is 25.4 Å². The molecular formula is C13H16O2S. The third-order valence-corrected chi connectivity index (χ3v) is 4.13. The van der Waals surface area contributed by atoms with Gasteiger partial charge in [0.15, 0.2) is 0 Å². The maximum absolute atomic E-state index is 9.52. The van der Waals surface area contributed by atoms with Crippen LogP contribution in [0, 0.1) is 5.92 Å². The van der Waals surface area contributed by atoms with Crippen LogP contribution in [0.2, 0.25) is 0 Å². The number of thiophene rings is 1. The Bertz CT molecular complexity index is 381. The number of aliphatic hydroxyl groups excluding tert-OH is 1. The van der Waals surface area contributed by atoms with Gasteiger partial charge in [-0.1, -0.05) is 30.4 Å². The van der Waals surface area contributed by atoms with Crippen molar-refractivity contribution in [3.8, 4) is 0 Å². The van der Waals surface area contributed by atoms with Crippen LogP contribution in [0.3, 0.4) is 0 Å². The lowest BCUT2D eigenvalue weighted by atomic mass is 9.72. The van der Waals surface area contributed by atoms with Crippen molar-refractivity contribution in [2.75, 3.05) is 20.3 Å². The second-order valence-electron chi connectivity index (χ2n) is 3.98. The van der Waals surface area contributed by atoms with E-state index in [1.807, 2.05) is 18.2 Å². The minimum Gasteiger partial charge on any atom is -0.396 e. The number of methoxy groups -OCH3 is 1. The molecule has 1 aliphatic rings. The molecule has 1 heterocycles. The van der Waals surface area contributed by atoms with E-state index in [9.17, 15) is 5.11 Å². The summed E-state index contributed by atoms with van der Waals surface area (Å²) in [7, 11) is 1.70. The number of hydrogen-bond acceptors (Lipinski definition) is 3. The second-order valence-corrected chi connectivity index (χ2v) is 4.93. The first kappa shape index (κ1) is 11.6. The van der Waals surface area contributed by atoms with E-state index in [2.05, 4.69) is 23.6 Å². The normalized spacial score (nSPS) is 28.5. The smallest absolute Gasteiger partial charge is 0.0608 e. The Balaban J connectivity index is 2.41. The van der Waals surface area contributed by atoms with E-state index in [0.717, 1.165) is 0 Å². The highest BCUT2D eigenvalue weighted by Gasteiger charge is 2.38. The Hall–Kier alpha value is -0.900. The van der Waals surface area contributed by atoms with E-state index in [4.69, 9.17) is 4.74 Å². The van der Waals surface area contributed by atoms with E-state index in [-0.39, 0.29) is 17.9 Å². The molecule has 0 saturated carbocycles. The molecule has 1 aromatic rings. The minimum absolute atomic E-state index is 0.0936. The highest BCUT2D eigenvalue weighted by Crippen LogP contribution is 2.39. The molecule has 0 amide bonds. The predicted molar refractivity (Wildman–Crippen MR) is 66.7 cm³/mol. The lowest BCUT2D eigenvalue weighted by molar-refractivity contribution is 0.106. The van der Waals surface area contributed by atoms with Gasteiger partial charge in [-0.2, -0.15) is 0 Å². The fraction of sp³-hybridized carbons (Fsp3) is 0.385. The van der Waals surface area contributed by atoms with E-state index in [1.54, 1.807) is 18.4 Å². The van der Waals surface area contributed by atoms with Crippen molar-refractivity contribution >= 4 is 11.3 Å². The molecule has 0 fully saturated rings. The summed E-state index contributed by atoms with van der Waals surface area (Å²) in [6.07, 6.45) is 8.22. The van der Waals surface area contributed by atoms with Crippen molar-refractivity contribution in [1.82, 2.24) is 0 Å². The van der Waals surface area contributed by atoms with Crippen LogP contribution < -0.4 is 0 Å². The third kappa shape index (κ3) is 1.86. The molecule has 1 aliphatic carbocycles. The van der Waals surface area contributed by atoms with Crippen LogP contribution in [0.25, 0.3) is 0 Å². The molecule has 16 heavy (non-hydrogen) atoms. The van der Waals surface area contributed by atoms with Gasteiger partial charge in [-0.05, 0) is 11.4 Å². The van der Waals surface area contributed by atoms with Gasteiger partial charge in [-0.3, -0.25) is 0 Å². The van der Waals surface area contributed by atoms with Crippen LogP contribution in [0.1, 0.15) is 4.88 Å². The average molecular weight is 236 g/mol. The SMILES string of the molecule is COCC1(c2cccs2)C=CC=CC1CO. The molecule has 2 unspecified atom stereocenters. The molecule has 86 valence electrons. The second kappa shape index (κ2) is 4.95. The number of hydrogen-bond donors (Lipinski definition) is 1. The maximum Gasteiger partial charge on any atom is 0.0608 e. The van der Waals surface area contributed by atoms with E-state index in [1.165, 1.54) is 4.88 Å². The molecule has 0 aromatic carbocycles. The summed E-state index contributed by atoms with van der Waals surface area (Å²) >= 11 is 1.71. The van der Waals surface area contributed by atoms with E-state index < -0.39 is 0 Å². The molecule has 0 spiro atoms. The van der Waals surface area contributed by atoms with Crippen molar-refractivity contribution in [3.63, 3.8) is 0 Å². The molecule has 0 radical (unpaired) electrons. The Morgan fingerprint density at radius 2 is 2.38 bits per heavy atom. The fourth-order valence-corrected chi connectivity index (χ4v) is 3.18. The van der Waals surface area contributed by atoms with Gasteiger partial charge in [0.2, 0.25) is 0 Å². The quantitative estimate of drug-likeness (QED) is 0.869. The molecule has 0 saturated heterocycles. The van der Waals surface area contributed by atoms with Gasteiger partial charge in [-0.25, -0.2) is 0 Å². The fourth-order valence-electron chi connectivity index (χ4n) is 2.22. The molecule has 3 heteroatoms. The van der Waals surface area contributed by atoms with E-state index in [0.29, 0.717) is 6.61 Å². The molecule has 2 nitrogen and oxygen atoms in total. The molecule has 2 rings (SSSR count). The van der Waals surface area contributed by atoms with Crippen LogP contribution in [0.4, 0.5) is 0 Å². The molecule has 0 aliphatic heterocycles. The van der Waals surface area contributed by atoms with Crippen molar-refractivity contribution < 1.29 is 9.84 Å². The first-order chi connectivity index (χ1) is 7.83. The van der Waals surface area contributed by atoms with Gasteiger partial charge in [0, 0.05) is 17.9 Å². The monoisotopic (exact) mass is 236 g/mol. The summed E-state index contributed by atoms with van der Waals surface area (Å²) in [5.41, 5.74) is -0.202. The Morgan fingerprint density at radius 3 is 3.00 bits per heavy atom. The number of rotatable bonds is 4. The maximum atomic E-state index is 9.52. The molecule has 2 atom stereocenters. The summed E-state index contributed by atoms with van der Waals surface area (Å²) in [5, 5.41) is 11.6. The molecule has 0 bridgehead atoms. The summed E-state index contributed by atoms with van der Waals surface area (Å²) in [5.74, 6) is 0.0936. The zero-order valence-electron chi connectivity index (χ0n) is 9.30. The molecule has 1 aromatic heterocycles. The van der Waals surface area contributed by atoms with E-state index >= 15 is 0 Å². The zero-order valence-corrected chi connectivity index (χ0v) is 10.1. The first-order valence-electron chi connectivity index (χ1n) is 5.33. The number of ether oxygens (including phenoxy) is 1. The lowest BCUT2D eigenvalue weighted by Crippen LogP contribution is -2.39. The summed E-state index contributed by atoms with van der Waals surface area (Å²) in [4.78, 5) is 1.24. The average Bonchev–Trinajstić information content (AvgIpc) is 2.84. The predicted octanol–water partition coefficient (Wildman–Crippen LogP) is 2.37. The lowest BCUT2D eigenvalue weighted by Gasteiger charge is -2.36. The third-order valence-electron chi connectivity index (χ3n) is 3.07. The zero-order chi connectivity index (χ0) is 11.4. The largest absolute Gasteiger partial charge is 0.396 e. The van der Waals surface area contributed by atoms with Gasteiger partial charge in [0.05, 0.1) is 18.6 Å². The Labute approximate surface area is 99.9 Å². The van der Waals surface area contributed by atoms with Crippen LogP contribution in [-0.2, 0) is 10.2 Å². The highest BCUT2D eigenvalue weighted by atomic mass is 32.1. The number of aliphatic hydroxyl groups is 1. The standard InChI is InChI=1S/C13H16O2S/c1-15-10-13(12-6-4-8-16-12)7-3-2-5-11(13)9-14/h2-8,11,14H,9-10H2,1H3. The van der Waals surface area contributed by atoms with Gasteiger partial charge in [-0.15, -0.1) is 11.3 Å².